The lowest BCUT2D eigenvalue weighted by atomic mass is 9.93. The Bertz CT molecular complexity index is 2510. The highest BCUT2D eigenvalue weighted by atomic mass is 32.1. The van der Waals surface area contributed by atoms with Crippen LogP contribution in [0.4, 0.5) is 17.2 Å². The minimum atomic E-state index is 0.899. The number of aromatic nitrogens is 1. The Morgan fingerprint density at radius 2 is 1.00 bits per heavy atom. The summed E-state index contributed by atoms with van der Waals surface area (Å²) < 4.78 is 1.26. The van der Waals surface area contributed by atoms with E-state index in [0.717, 1.165) is 22.0 Å². The standard InChI is InChI=1S/C43H28N2S/c1-2-10-29(11-3-1)30-18-22-33(23-19-30)45(42-27-26-39-38-16-8-9-17-41(38)46-43(39)44-42)34-24-20-31(21-25-34)40-28-32-12-4-5-13-35(32)36-14-6-7-15-37(36)40/h1-28H. The van der Waals surface area contributed by atoms with Gasteiger partial charge in [0, 0.05) is 26.8 Å². The highest BCUT2D eigenvalue weighted by Gasteiger charge is 2.17. The highest BCUT2D eigenvalue weighted by molar-refractivity contribution is 7.25. The number of thiophene rings is 1. The highest BCUT2D eigenvalue weighted by Crippen LogP contribution is 2.40. The molecule has 2 heterocycles. The number of hydrogen-bond acceptors (Lipinski definition) is 3. The first kappa shape index (κ1) is 26.6. The van der Waals surface area contributed by atoms with Crippen molar-refractivity contribution < 1.29 is 0 Å². The predicted molar refractivity (Wildman–Crippen MR) is 198 cm³/mol. The van der Waals surface area contributed by atoms with Crippen molar-refractivity contribution >= 4 is 70.4 Å². The van der Waals surface area contributed by atoms with E-state index in [1.807, 2.05) is 0 Å². The molecule has 0 N–H and O–H groups in total. The Labute approximate surface area is 271 Å². The summed E-state index contributed by atoms with van der Waals surface area (Å²) in [5, 5.41) is 7.53. The van der Waals surface area contributed by atoms with E-state index in [2.05, 4.69) is 175 Å². The quantitative estimate of drug-likeness (QED) is 0.182. The van der Waals surface area contributed by atoms with Crippen LogP contribution in [0.3, 0.4) is 0 Å². The molecule has 7 aromatic carbocycles. The summed E-state index contributed by atoms with van der Waals surface area (Å²) in [4.78, 5) is 8.56. The molecule has 46 heavy (non-hydrogen) atoms. The number of anilines is 3. The minimum Gasteiger partial charge on any atom is -0.295 e. The van der Waals surface area contributed by atoms with Crippen LogP contribution in [0.2, 0.25) is 0 Å². The van der Waals surface area contributed by atoms with Crippen LogP contribution in [0.25, 0.3) is 64.1 Å². The van der Waals surface area contributed by atoms with Gasteiger partial charge in [0.2, 0.25) is 0 Å². The Morgan fingerprint density at radius 1 is 0.413 bits per heavy atom. The van der Waals surface area contributed by atoms with Gasteiger partial charge in [0.15, 0.2) is 0 Å². The molecule has 0 aliphatic heterocycles. The van der Waals surface area contributed by atoms with Crippen LogP contribution in [-0.4, -0.2) is 4.98 Å². The van der Waals surface area contributed by atoms with Crippen LogP contribution in [0.5, 0.6) is 0 Å². The van der Waals surface area contributed by atoms with Gasteiger partial charge in [0.25, 0.3) is 0 Å². The van der Waals surface area contributed by atoms with Gasteiger partial charge in [-0.3, -0.25) is 4.90 Å². The van der Waals surface area contributed by atoms with E-state index in [0.29, 0.717) is 0 Å². The second-order valence-corrected chi connectivity index (χ2v) is 12.6. The van der Waals surface area contributed by atoms with Gasteiger partial charge in [0.1, 0.15) is 10.6 Å². The molecule has 0 saturated heterocycles. The molecule has 2 aromatic heterocycles. The summed E-state index contributed by atoms with van der Waals surface area (Å²) in [5.74, 6) is 0.899. The summed E-state index contributed by atoms with van der Waals surface area (Å²) in [7, 11) is 0. The van der Waals surface area contributed by atoms with E-state index in [4.69, 9.17) is 4.98 Å². The maximum Gasteiger partial charge on any atom is 0.139 e. The summed E-state index contributed by atoms with van der Waals surface area (Å²) in [6.07, 6.45) is 0. The molecule has 0 amide bonds. The zero-order valence-corrected chi connectivity index (χ0v) is 25.8. The van der Waals surface area contributed by atoms with E-state index in [1.54, 1.807) is 11.3 Å². The van der Waals surface area contributed by atoms with Crippen LogP contribution < -0.4 is 4.90 Å². The molecule has 0 unspecified atom stereocenters. The fourth-order valence-corrected chi connectivity index (χ4v) is 7.72. The van der Waals surface area contributed by atoms with Crippen LogP contribution in [-0.2, 0) is 0 Å². The molecule has 0 fully saturated rings. The van der Waals surface area contributed by atoms with E-state index < -0.39 is 0 Å². The van der Waals surface area contributed by atoms with Crippen molar-refractivity contribution in [2.75, 3.05) is 4.90 Å². The molecule has 0 bridgehead atoms. The summed E-state index contributed by atoms with van der Waals surface area (Å²) in [6.45, 7) is 0. The van der Waals surface area contributed by atoms with Crippen molar-refractivity contribution in [3.8, 4) is 22.3 Å². The monoisotopic (exact) mass is 604 g/mol. The number of rotatable bonds is 5. The normalized spacial score (nSPS) is 11.5. The molecule has 9 aromatic rings. The van der Waals surface area contributed by atoms with Gasteiger partial charge in [-0.1, -0.05) is 121 Å². The molecule has 0 atom stereocenters. The van der Waals surface area contributed by atoms with E-state index >= 15 is 0 Å². The average Bonchev–Trinajstić information content (AvgIpc) is 3.50. The molecule has 3 heteroatoms. The maximum absolute atomic E-state index is 5.25. The third kappa shape index (κ3) is 4.52. The molecule has 216 valence electrons. The van der Waals surface area contributed by atoms with Crippen molar-refractivity contribution in [1.29, 1.82) is 0 Å². The lowest BCUT2D eigenvalue weighted by molar-refractivity contribution is 1.21. The fourth-order valence-electron chi connectivity index (χ4n) is 6.65. The Morgan fingerprint density at radius 3 is 1.76 bits per heavy atom. The van der Waals surface area contributed by atoms with Gasteiger partial charge in [-0.15, -0.1) is 11.3 Å². The van der Waals surface area contributed by atoms with Crippen molar-refractivity contribution in [3.05, 3.63) is 170 Å². The average molecular weight is 605 g/mol. The molecule has 0 saturated carbocycles. The predicted octanol–water partition coefficient (Wildman–Crippen LogP) is 12.6. The largest absolute Gasteiger partial charge is 0.295 e. The molecule has 2 nitrogen and oxygen atoms in total. The number of fused-ring (bicyclic) bond motifs is 6. The zero-order valence-electron chi connectivity index (χ0n) is 25.0. The second-order valence-electron chi connectivity index (χ2n) is 11.6. The topological polar surface area (TPSA) is 16.1 Å². The van der Waals surface area contributed by atoms with Gasteiger partial charge in [-0.05, 0) is 92.3 Å². The Hall–Kier alpha value is -5.77. The molecule has 0 spiro atoms. The number of benzene rings is 7. The van der Waals surface area contributed by atoms with Crippen LogP contribution in [0.1, 0.15) is 0 Å². The lowest BCUT2D eigenvalue weighted by Gasteiger charge is -2.25. The molecule has 9 rings (SSSR count). The number of nitrogens with zero attached hydrogens (tertiary/aromatic N) is 2. The molecular weight excluding hydrogens is 577 g/mol. The molecule has 0 radical (unpaired) electrons. The summed E-state index contributed by atoms with van der Waals surface area (Å²) in [5.41, 5.74) is 6.96. The van der Waals surface area contributed by atoms with Crippen molar-refractivity contribution in [3.63, 3.8) is 0 Å². The third-order valence-electron chi connectivity index (χ3n) is 8.90. The van der Waals surface area contributed by atoms with E-state index in [9.17, 15) is 0 Å². The van der Waals surface area contributed by atoms with E-state index in [1.165, 1.54) is 59.3 Å². The van der Waals surface area contributed by atoms with Crippen molar-refractivity contribution in [1.82, 2.24) is 4.98 Å². The molecule has 0 aliphatic carbocycles. The van der Waals surface area contributed by atoms with Gasteiger partial charge in [-0.25, -0.2) is 4.98 Å². The zero-order chi connectivity index (χ0) is 30.5. The maximum atomic E-state index is 5.25. The summed E-state index contributed by atoms with van der Waals surface area (Å²) in [6, 6.07) is 60.9. The van der Waals surface area contributed by atoms with Gasteiger partial charge in [-0.2, -0.15) is 0 Å². The van der Waals surface area contributed by atoms with Gasteiger partial charge >= 0.3 is 0 Å². The van der Waals surface area contributed by atoms with E-state index in [-0.39, 0.29) is 0 Å². The van der Waals surface area contributed by atoms with Crippen LogP contribution >= 0.6 is 11.3 Å². The smallest absolute Gasteiger partial charge is 0.139 e. The Balaban J connectivity index is 1.18. The van der Waals surface area contributed by atoms with Gasteiger partial charge in [0.05, 0.1) is 0 Å². The van der Waals surface area contributed by atoms with Crippen LogP contribution in [0, 0.1) is 0 Å². The SMILES string of the molecule is c1ccc(-c2ccc(N(c3ccc(-c4cc5ccccc5c5ccccc45)cc3)c3ccc4c(n3)sc3ccccc34)cc2)cc1. The van der Waals surface area contributed by atoms with Crippen LogP contribution in [0.15, 0.2) is 170 Å². The number of pyridine rings is 1. The first-order valence-electron chi connectivity index (χ1n) is 15.5. The van der Waals surface area contributed by atoms with Crippen molar-refractivity contribution in [2.24, 2.45) is 0 Å². The molecular formula is C43H28N2S. The molecule has 0 aliphatic rings. The first-order chi connectivity index (χ1) is 22.8. The number of hydrogen-bond donors (Lipinski definition) is 0. The third-order valence-corrected chi connectivity index (χ3v) is 9.98. The minimum absolute atomic E-state index is 0.899. The van der Waals surface area contributed by atoms with Crippen molar-refractivity contribution in [2.45, 2.75) is 0 Å². The lowest BCUT2D eigenvalue weighted by Crippen LogP contribution is -2.11. The van der Waals surface area contributed by atoms with Gasteiger partial charge < -0.3 is 0 Å². The summed E-state index contributed by atoms with van der Waals surface area (Å²) >= 11 is 1.75. The second kappa shape index (κ2) is 11.0. The fraction of sp³-hybridized carbons (Fsp3) is 0. The Kier molecular flexibility index (Phi) is 6.36. The first-order valence-corrected chi connectivity index (χ1v) is 16.4.